The lowest BCUT2D eigenvalue weighted by Crippen LogP contribution is -2.03. The van der Waals surface area contributed by atoms with Crippen LogP contribution in [0.15, 0.2) is 59.1 Å². The molecule has 0 aliphatic rings. The maximum atomic E-state index is 11.7. The fourth-order valence-corrected chi connectivity index (χ4v) is 2.20. The van der Waals surface area contributed by atoms with E-state index in [1.807, 2.05) is 24.3 Å². The molecule has 2 rings (SSSR count). The second-order valence-corrected chi connectivity index (χ2v) is 5.30. The molecule has 0 amide bonds. The maximum absolute atomic E-state index is 11.7. The summed E-state index contributed by atoms with van der Waals surface area (Å²) in [4.78, 5) is 22.0. The van der Waals surface area contributed by atoms with Crippen LogP contribution in [0.2, 0.25) is 0 Å². The lowest BCUT2D eigenvalue weighted by atomic mass is 10.2. The first-order valence-electron chi connectivity index (χ1n) is 6.39. The van der Waals surface area contributed by atoms with E-state index in [9.17, 15) is 14.9 Å². The molecular weight excluding hydrogens is 350 g/mol. The first-order valence-corrected chi connectivity index (χ1v) is 7.18. The highest BCUT2D eigenvalue weighted by Crippen LogP contribution is 2.18. The minimum atomic E-state index is -0.557. The molecule has 0 spiro atoms. The minimum Gasteiger partial charge on any atom is -0.457 e. The Morgan fingerprint density at radius 3 is 2.73 bits per heavy atom. The molecule has 0 fully saturated rings. The Hall–Kier alpha value is -2.47. The van der Waals surface area contributed by atoms with E-state index in [2.05, 4.69) is 15.9 Å². The number of rotatable bonds is 5. The molecule has 0 N–H and O–H groups in total. The number of halogens is 1. The van der Waals surface area contributed by atoms with E-state index in [1.54, 1.807) is 24.3 Å². The maximum Gasteiger partial charge on any atom is 0.331 e. The van der Waals surface area contributed by atoms with Gasteiger partial charge in [0, 0.05) is 16.6 Å². The van der Waals surface area contributed by atoms with Crippen molar-refractivity contribution in [1.82, 2.24) is 0 Å². The van der Waals surface area contributed by atoms with Gasteiger partial charge in [-0.1, -0.05) is 40.2 Å². The zero-order valence-electron chi connectivity index (χ0n) is 11.4. The largest absolute Gasteiger partial charge is 0.457 e. The summed E-state index contributed by atoms with van der Waals surface area (Å²) in [6, 6.07) is 13.6. The van der Waals surface area contributed by atoms with E-state index >= 15 is 0 Å². The van der Waals surface area contributed by atoms with E-state index < -0.39 is 10.9 Å². The first kappa shape index (κ1) is 15.9. The molecule has 0 saturated carbocycles. The fourth-order valence-electron chi connectivity index (χ4n) is 1.78. The highest BCUT2D eigenvalue weighted by atomic mass is 79.9. The summed E-state index contributed by atoms with van der Waals surface area (Å²) in [5.41, 5.74) is 1.14. The van der Waals surface area contributed by atoms with Crippen LogP contribution < -0.4 is 0 Å². The van der Waals surface area contributed by atoms with Gasteiger partial charge in [-0.05, 0) is 29.8 Å². The molecular formula is C16H12BrNO4. The number of nitro benzene ring substituents is 1. The van der Waals surface area contributed by atoms with Crippen molar-refractivity contribution in [3.63, 3.8) is 0 Å². The monoisotopic (exact) mass is 361 g/mol. The topological polar surface area (TPSA) is 69.4 Å². The van der Waals surface area contributed by atoms with Crippen molar-refractivity contribution in [1.29, 1.82) is 0 Å². The summed E-state index contributed by atoms with van der Waals surface area (Å²) in [6.45, 7) is -0.140. The van der Waals surface area contributed by atoms with Gasteiger partial charge < -0.3 is 4.74 Å². The molecule has 2 aromatic carbocycles. The molecule has 0 saturated heterocycles. The van der Waals surface area contributed by atoms with Crippen molar-refractivity contribution < 1.29 is 14.5 Å². The predicted octanol–water partition coefficient (Wildman–Crippen LogP) is 4.11. The molecule has 0 heterocycles. The van der Waals surface area contributed by atoms with Crippen LogP contribution in [0.5, 0.6) is 0 Å². The summed E-state index contributed by atoms with van der Waals surface area (Å²) in [7, 11) is 0. The number of benzene rings is 2. The van der Waals surface area contributed by atoms with Gasteiger partial charge in [-0.15, -0.1) is 0 Å². The van der Waals surface area contributed by atoms with Crippen LogP contribution in [-0.4, -0.2) is 10.9 Å². The van der Waals surface area contributed by atoms with Crippen LogP contribution in [-0.2, 0) is 16.1 Å². The van der Waals surface area contributed by atoms with Crippen LogP contribution in [0.4, 0.5) is 5.69 Å². The number of hydrogen-bond donors (Lipinski definition) is 0. The molecule has 0 aliphatic heterocycles. The molecule has 0 unspecified atom stereocenters. The zero-order chi connectivity index (χ0) is 15.9. The number of esters is 1. The number of para-hydroxylation sites is 1. The Bertz CT molecular complexity index is 728. The normalized spacial score (nSPS) is 10.6. The number of nitrogens with zero attached hydrogens (tertiary/aromatic N) is 1. The number of ether oxygens (including phenoxy) is 1. The summed E-state index contributed by atoms with van der Waals surface area (Å²) in [5, 5.41) is 10.9. The third-order valence-corrected chi connectivity index (χ3v) is 3.31. The number of carbonyl (C=O) groups excluding carboxylic acids is 1. The summed E-state index contributed by atoms with van der Waals surface area (Å²) in [6.07, 6.45) is 2.91. The number of carbonyl (C=O) groups is 1. The van der Waals surface area contributed by atoms with E-state index in [0.29, 0.717) is 5.56 Å². The molecule has 0 aromatic heterocycles. The fraction of sp³-hybridized carbons (Fsp3) is 0.0625. The van der Waals surface area contributed by atoms with E-state index in [1.165, 1.54) is 12.1 Å². The summed E-state index contributed by atoms with van der Waals surface area (Å²) >= 11 is 3.34. The van der Waals surface area contributed by atoms with E-state index in [-0.39, 0.29) is 12.3 Å². The molecule has 0 radical (unpaired) electrons. The van der Waals surface area contributed by atoms with Gasteiger partial charge in [-0.3, -0.25) is 10.1 Å². The van der Waals surface area contributed by atoms with Gasteiger partial charge in [0.2, 0.25) is 0 Å². The summed E-state index contributed by atoms with van der Waals surface area (Å²) < 4.78 is 5.93. The molecule has 112 valence electrons. The summed E-state index contributed by atoms with van der Waals surface area (Å²) in [5.74, 6) is -0.557. The molecule has 0 aliphatic carbocycles. The third kappa shape index (κ3) is 4.53. The van der Waals surface area contributed by atoms with Crippen LogP contribution in [0.25, 0.3) is 6.08 Å². The second kappa shape index (κ2) is 7.51. The lowest BCUT2D eigenvalue weighted by Gasteiger charge is -2.03. The van der Waals surface area contributed by atoms with Crippen molar-refractivity contribution >= 4 is 33.7 Å². The van der Waals surface area contributed by atoms with Crippen LogP contribution >= 0.6 is 15.9 Å². The van der Waals surface area contributed by atoms with Gasteiger partial charge >= 0.3 is 5.97 Å². The average Bonchev–Trinajstić information content (AvgIpc) is 2.51. The third-order valence-electron chi connectivity index (χ3n) is 2.82. The van der Waals surface area contributed by atoms with Crippen LogP contribution in [0.1, 0.15) is 11.1 Å². The predicted molar refractivity (Wildman–Crippen MR) is 86.1 cm³/mol. The van der Waals surface area contributed by atoms with Gasteiger partial charge in [0.05, 0.1) is 10.5 Å². The van der Waals surface area contributed by atoms with Gasteiger partial charge in [-0.25, -0.2) is 4.79 Å². The Kier molecular flexibility index (Phi) is 5.43. The molecule has 0 atom stereocenters. The molecule has 5 nitrogen and oxygen atoms in total. The molecule has 2 aromatic rings. The molecule has 6 heteroatoms. The van der Waals surface area contributed by atoms with E-state index in [0.717, 1.165) is 10.0 Å². The lowest BCUT2D eigenvalue weighted by molar-refractivity contribution is -0.385. The van der Waals surface area contributed by atoms with Gasteiger partial charge in [-0.2, -0.15) is 0 Å². The SMILES string of the molecule is O=C(/C=C/c1cccc(Br)c1)OCc1ccccc1[N+](=O)[O-]. The van der Waals surface area contributed by atoms with Crippen molar-refractivity contribution in [2.45, 2.75) is 6.61 Å². The van der Waals surface area contributed by atoms with Gasteiger partial charge in [0.15, 0.2) is 0 Å². The number of nitro groups is 1. The van der Waals surface area contributed by atoms with Crippen LogP contribution in [0.3, 0.4) is 0 Å². The quantitative estimate of drug-likeness (QED) is 0.347. The Balaban J connectivity index is 1.97. The highest BCUT2D eigenvalue weighted by Gasteiger charge is 2.13. The van der Waals surface area contributed by atoms with Gasteiger partial charge in [0.25, 0.3) is 5.69 Å². The van der Waals surface area contributed by atoms with Crippen LogP contribution in [0, 0.1) is 10.1 Å². The molecule has 0 bridgehead atoms. The smallest absolute Gasteiger partial charge is 0.331 e. The highest BCUT2D eigenvalue weighted by molar-refractivity contribution is 9.10. The Labute approximate surface area is 135 Å². The second-order valence-electron chi connectivity index (χ2n) is 4.38. The van der Waals surface area contributed by atoms with E-state index in [4.69, 9.17) is 4.74 Å². The Morgan fingerprint density at radius 2 is 2.00 bits per heavy atom. The molecule has 22 heavy (non-hydrogen) atoms. The standard InChI is InChI=1S/C16H12BrNO4/c17-14-6-3-4-12(10-14)8-9-16(19)22-11-13-5-1-2-7-15(13)18(20)21/h1-10H,11H2/b9-8+. The zero-order valence-corrected chi connectivity index (χ0v) is 13.0. The van der Waals surface area contributed by atoms with Crippen molar-refractivity contribution in [3.8, 4) is 0 Å². The Morgan fingerprint density at radius 1 is 1.23 bits per heavy atom. The van der Waals surface area contributed by atoms with Crippen molar-refractivity contribution in [3.05, 3.63) is 80.3 Å². The average molecular weight is 362 g/mol. The first-order chi connectivity index (χ1) is 10.6. The minimum absolute atomic E-state index is 0.0636. The number of hydrogen-bond acceptors (Lipinski definition) is 4. The van der Waals surface area contributed by atoms with Gasteiger partial charge in [0.1, 0.15) is 6.61 Å². The van der Waals surface area contributed by atoms with Crippen molar-refractivity contribution in [2.75, 3.05) is 0 Å². The van der Waals surface area contributed by atoms with Crippen molar-refractivity contribution in [2.24, 2.45) is 0 Å².